The number of alkyl halides is 3. The fourth-order valence-corrected chi connectivity index (χ4v) is 1.43. The number of halogens is 3. The fourth-order valence-electron chi connectivity index (χ4n) is 1.43. The topological polar surface area (TPSA) is 61.4 Å². The quantitative estimate of drug-likeness (QED) is 0.751. The number of aliphatic hydroxyl groups excluding tert-OH is 1. The van der Waals surface area contributed by atoms with Gasteiger partial charge in [-0.15, -0.1) is 0 Å². The van der Waals surface area contributed by atoms with E-state index in [2.05, 4.69) is 17.2 Å². The van der Waals surface area contributed by atoms with Crippen molar-refractivity contribution in [1.29, 1.82) is 0 Å². The first-order valence-corrected chi connectivity index (χ1v) is 6.14. The van der Waals surface area contributed by atoms with Gasteiger partial charge in [-0.1, -0.05) is 17.9 Å². The number of carbonyl (C=O) groups excluding carboxylic acids is 1. The third kappa shape index (κ3) is 6.68. The zero-order valence-electron chi connectivity index (χ0n) is 11.3. The Labute approximate surface area is 120 Å². The van der Waals surface area contributed by atoms with E-state index in [1.165, 1.54) is 0 Å². The smallest absolute Gasteiger partial charge is 0.395 e. The lowest BCUT2D eigenvalue weighted by Gasteiger charge is -2.11. The summed E-state index contributed by atoms with van der Waals surface area (Å²) >= 11 is 0. The minimum absolute atomic E-state index is 0.0896. The molecule has 1 aromatic carbocycles. The van der Waals surface area contributed by atoms with Crippen LogP contribution >= 0.6 is 0 Å². The van der Waals surface area contributed by atoms with Gasteiger partial charge in [0.25, 0.3) is 0 Å². The molecule has 114 valence electrons. The van der Waals surface area contributed by atoms with E-state index in [9.17, 15) is 18.0 Å². The van der Waals surface area contributed by atoms with Gasteiger partial charge in [0.1, 0.15) is 6.54 Å². The van der Waals surface area contributed by atoms with E-state index >= 15 is 0 Å². The van der Waals surface area contributed by atoms with Crippen LogP contribution in [0.2, 0.25) is 0 Å². The lowest BCUT2D eigenvalue weighted by Crippen LogP contribution is -2.36. The SMILES string of the molecule is Cc1ccc(C#CCCO)c(NC(=O)NCC(F)(F)F)c1. The van der Waals surface area contributed by atoms with Gasteiger partial charge in [0, 0.05) is 12.0 Å². The highest BCUT2D eigenvalue weighted by Gasteiger charge is 2.27. The van der Waals surface area contributed by atoms with Gasteiger partial charge in [-0.25, -0.2) is 4.79 Å². The highest BCUT2D eigenvalue weighted by Crippen LogP contribution is 2.17. The number of aliphatic hydroxyl groups is 1. The third-order valence-corrected chi connectivity index (χ3v) is 2.33. The van der Waals surface area contributed by atoms with Crippen LogP contribution in [0.5, 0.6) is 0 Å². The number of rotatable bonds is 3. The van der Waals surface area contributed by atoms with Crippen molar-refractivity contribution in [3.63, 3.8) is 0 Å². The second kappa shape index (κ2) is 7.55. The lowest BCUT2D eigenvalue weighted by molar-refractivity contribution is -0.122. The third-order valence-electron chi connectivity index (χ3n) is 2.33. The van der Waals surface area contributed by atoms with E-state index in [4.69, 9.17) is 5.11 Å². The highest BCUT2D eigenvalue weighted by molar-refractivity contribution is 5.91. The van der Waals surface area contributed by atoms with Crippen LogP contribution in [0.1, 0.15) is 17.5 Å². The maximum atomic E-state index is 12.0. The molecular weight excluding hydrogens is 285 g/mol. The van der Waals surface area contributed by atoms with Crippen molar-refractivity contribution in [2.24, 2.45) is 0 Å². The minimum atomic E-state index is -4.46. The summed E-state index contributed by atoms with van der Waals surface area (Å²) in [4.78, 5) is 11.4. The van der Waals surface area contributed by atoms with Gasteiger partial charge in [-0.2, -0.15) is 13.2 Å². The van der Waals surface area contributed by atoms with Gasteiger partial charge in [0.15, 0.2) is 0 Å². The molecule has 0 unspecified atom stereocenters. The Morgan fingerprint density at radius 1 is 1.38 bits per heavy atom. The van der Waals surface area contributed by atoms with Crippen LogP contribution in [0.3, 0.4) is 0 Å². The molecule has 0 heterocycles. The van der Waals surface area contributed by atoms with Gasteiger partial charge >= 0.3 is 12.2 Å². The minimum Gasteiger partial charge on any atom is -0.395 e. The average molecular weight is 300 g/mol. The summed E-state index contributed by atoms with van der Waals surface area (Å²) in [5.41, 5.74) is 1.62. The molecule has 2 amide bonds. The number of anilines is 1. The molecule has 0 atom stereocenters. The predicted octanol–water partition coefficient (Wildman–Crippen LogP) is 2.41. The number of carbonyl (C=O) groups is 1. The molecule has 0 saturated carbocycles. The van der Waals surface area contributed by atoms with Crippen molar-refractivity contribution in [2.75, 3.05) is 18.5 Å². The monoisotopic (exact) mass is 300 g/mol. The molecule has 0 radical (unpaired) electrons. The largest absolute Gasteiger partial charge is 0.405 e. The summed E-state index contributed by atoms with van der Waals surface area (Å²) in [6.45, 7) is 0.285. The van der Waals surface area contributed by atoms with Crippen molar-refractivity contribution >= 4 is 11.7 Å². The Morgan fingerprint density at radius 3 is 2.71 bits per heavy atom. The van der Waals surface area contributed by atoms with Crippen molar-refractivity contribution in [3.05, 3.63) is 29.3 Å². The number of urea groups is 1. The molecule has 0 bridgehead atoms. The lowest BCUT2D eigenvalue weighted by atomic mass is 10.1. The number of amides is 2. The van der Waals surface area contributed by atoms with Crippen LogP contribution in [0.15, 0.2) is 18.2 Å². The molecule has 7 heteroatoms. The van der Waals surface area contributed by atoms with Gasteiger partial charge in [-0.05, 0) is 24.6 Å². The number of hydrogen-bond acceptors (Lipinski definition) is 2. The number of hydrogen-bond donors (Lipinski definition) is 3. The van der Waals surface area contributed by atoms with Crippen LogP contribution < -0.4 is 10.6 Å². The van der Waals surface area contributed by atoms with Gasteiger partial charge < -0.3 is 15.7 Å². The first-order chi connectivity index (χ1) is 9.81. The second-order valence-electron chi connectivity index (χ2n) is 4.25. The van der Waals surface area contributed by atoms with Crippen LogP contribution in [0.25, 0.3) is 0 Å². The highest BCUT2D eigenvalue weighted by atomic mass is 19.4. The standard InChI is InChI=1S/C14H15F3N2O2/c1-10-5-6-11(4-2-3-7-20)12(8-10)19-13(21)18-9-14(15,16)17/h5-6,8,20H,3,7,9H2,1H3,(H2,18,19,21). The molecule has 21 heavy (non-hydrogen) atoms. The molecule has 1 rings (SSSR count). The Kier molecular flexibility index (Phi) is 6.06. The molecule has 0 fully saturated rings. The second-order valence-corrected chi connectivity index (χ2v) is 4.25. The molecule has 0 aromatic heterocycles. The Hall–Kier alpha value is -2.20. The van der Waals surface area contributed by atoms with E-state index in [0.29, 0.717) is 11.3 Å². The van der Waals surface area contributed by atoms with Crippen molar-refractivity contribution in [1.82, 2.24) is 5.32 Å². The summed E-state index contributed by atoms with van der Waals surface area (Å²) in [5, 5.41) is 12.7. The maximum absolute atomic E-state index is 12.0. The van der Waals surface area contributed by atoms with Gasteiger partial charge in [-0.3, -0.25) is 0 Å². The van der Waals surface area contributed by atoms with Gasteiger partial charge in [0.05, 0.1) is 12.3 Å². The first-order valence-electron chi connectivity index (χ1n) is 6.14. The van der Waals surface area contributed by atoms with Crippen LogP contribution in [0, 0.1) is 18.8 Å². The van der Waals surface area contributed by atoms with Crippen LogP contribution in [-0.2, 0) is 0 Å². The molecule has 0 saturated heterocycles. The molecule has 3 N–H and O–H groups in total. The first kappa shape index (κ1) is 16.9. The molecule has 4 nitrogen and oxygen atoms in total. The fraction of sp³-hybridized carbons (Fsp3) is 0.357. The molecule has 0 aliphatic heterocycles. The summed E-state index contributed by atoms with van der Waals surface area (Å²) in [5.74, 6) is 5.43. The Bertz CT molecular complexity index is 560. The predicted molar refractivity (Wildman–Crippen MR) is 72.8 cm³/mol. The molecule has 0 aliphatic rings. The van der Waals surface area contributed by atoms with Crippen molar-refractivity contribution in [2.45, 2.75) is 19.5 Å². The maximum Gasteiger partial charge on any atom is 0.405 e. The molecule has 0 spiro atoms. The summed E-state index contributed by atoms with van der Waals surface area (Å²) in [6, 6.07) is 4.07. The van der Waals surface area contributed by atoms with E-state index in [1.54, 1.807) is 30.4 Å². The van der Waals surface area contributed by atoms with Crippen LogP contribution in [-0.4, -0.2) is 30.5 Å². The zero-order chi connectivity index (χ0) is 15.9. The summed E-state index contributed by atoms with van der Waals surface area (Å²) < 4.78 is 36.0. The molecule has 0 aliphatic carbocycles. The van der Waals surface area contributed by atoms with E-state index in [0.717, 1.165) is 5.56 Å². The van der Waals surface area contributed by atoms with Crippen molar-refractivity contribution < 1.29 is 23.1 Å². The van der Waals surface area contributed by atoms with Crippen LogP contribution in [0.4, 0.5) is 23.7 Å². The number of nitrogens with one attached hydrogen (secondary N) is 2. The van der Waals surface area contributed by atoms with E-state index in [1.807, 2.05) is 0 Å². The Balaban J connectivity index is 2.79. The number of aryl methyl sites for hydroxylation is 1. The molecule has 1 aromatic rings. The molecular formula is C14H15F3N2O2. The Morgan fingerprint density at radius 2 is 2.10 bits per heavy atom. The van der Waals surface area contributed by atoms with Crippen molar-refractivity contribution in [3.8, 4) is 11.8 Å². The zero-order valence-corrected chi connectivity index (χ0v) is 11.3. The van der Waals surface area contributed by atoms with E-state index < -0.39 is 18.8 Å². The average Bonchev–Trinajstić information content (AvgIpc) is 2.38. The van der Waals surface area contributed by atoms with Gasteiger partial charge in [0.2, 0.25) is 0 Å². The normalized spacial score (nSPS) is 10.5. The summed E-state index contributed by atoms with van der Waals surface area (Å²) in [7, 11) is 0. The van der Waals surface area contributed by atoms with E-state index in [-0.39, 0.29) is 13.0 Å². The summed E-state index contributed by atoms with van der Waals surface area (Å²) in [6.07, 6.45) is -4.19. The number of benzene rings is 1.